The Morgan fingerprint density at radius 2 is 1.62 bits per heavy atom. The molecule has 0 aromatic rings. The molecule has 0 radical (unpaired) electrons. The van der Waals surface area contributed by atoms with Crippen molar-refractivity contribution in [3.8, 4) is 0 Å². The van der Waals surface area contributed by atoms with Gasteiger partial charge in [0.1, 0.15) is 0 Å². The molecule has 2 heteroatoms. The van der Waals surface area contributed by atoms with E-state index in [9.17, 15) is 0 Å². The molecule has 13 heavy (non-hydrogen) atoms. The smallest absolute Gasteiger partial charge is 0.221 e. The first-order chi connectivity index (χ1) is 6.31. The number of nitrogens with zero attached hydrogens (tertiary/aromatic N) is 2. The Morgan fingerprint density at radius 3 is 2.23 bits per heavy atom. The third-order valence-electron chi connectivity index (χ3n) is 2.11. The Bertz CT molecular complexity index is 185. The molecule has 1 unspecified atom stereocenters. The molecular formula is C11H18N2. The van der Waals surface area contributed by atoms with Gasteiger partial charge in [0, 0.05) is 19.8 Å². The number of rotatable bonds is 7. The number of hydrogen-bond donors (Lipinski definition) is 0. The minimum absolute atomic E-state index is 0.197. The molecule has 0 spiro atoms. The molecule has 0 saturated heterocycles. The molecular weight excluding hydrogens is 160 g/mol. The van der Waals surface area contributed by atoms with E-state index in [-0.39, 0.29) is 6.04 Å². The van der Waals surface area contributed by atoms with Crippen LogP contribution in [0.3, 0.4) is 0 Å². The van der Waals surface area contributed by atoms with Gasteiger partial charge in [-0.3, -0.25) is 0 Å². The van der Waals surface area contributed by atoms with Crippen LogP contribution in [0.2, 0.25) is 0 Å². The first kappa shape index (κ1) is 12.0. The van der Waals surface area contributed by atoms with E-state index in [4.69, 9.17) is 13.1 Å². The van der Waals surface area contributed by atoms with E-state index in [1.807, 2.05) is 6.92 Å². The molecule has 0 fully saturated rings. The predicted octanol–water partition coefficient (Wildman–Crippen LogP) is 3.55. The van der Waals surface area contributed by atoms with E-state index in [0.717, 1.165) is 12.8 Å². The Balaban J connectivity index is 3.01. The molecule has 0 saturated carbocycles. The van der Waals surface area contributed by atoms with Crippen molar-refractivity contribution < 1.29 is 0 Å². The second-order valence-corrected chi connectivity index (χ2v) is 3.42. The second kappa shape index (κ2) is 9.07. The molecule has 0 bridgehead atoms. The summed E-state index contributed by atoms with van der Waals surface area (Å²) >= 11 is 0. The zero-order chi connectivity index (χ0) is 9.94. The summed E-state index contributed by atoms with van der Waals surface area (Å²) in [5, 5.41) is 0. The summed E-state index contributed by atoms with van der Waals surface area (Å²) < 4.78 is 0. The molecule has 0 aliphatic heterocycles. The predicted molar refractivity (Wildman–Crippen MR) is 55.2 cm³/mol. The van der Waals surface area contributed by atoms with Gasteiger partial charge in [0.25, 0.3) is 0 Å². The topological polar surface area (TPSA) is 8.72 Å². The van der Waals surface area contributed by atoms with Crippen LogP contribution in [0.4, 0.5) is 0 Å². The maximum atomic E-state index is 6.77. The third-order valence-corrected chi connectivity index (χ3v) is 2.11. The van der Waals surface area contributed by atoms with Crippen molar-refractivity contribution in [1.82, 2.24) is 0 Å². The molecule has 0 rings (SSSR count). The van der Waals surface area contributed by atoms with Gasteiger partial charge in [-0.15, -0.1) is 0 Å². The van der Waals surface area contributed by atoms with Crippen LogP contribution in [-0.4, -0.2) is 12.6 Å². The average molecular weight is 178 g/mol. The summed E-state index contributed by atoms with van der Waals surface area (Å²) in [5.41, 5.74) is 0. The van der Waals surface area contributed by atoms with Gasteiger partial charge in [-0.25, -0.2) is 13.1 Å². The highest BCUT2D eigenvalue weighted by atomic mass is 14.7. The number of unbranched alkanes of at least 4 members (excludes halogenated alkanes) is 4. The van der Waals surface area contributed by atoms with Crippen LogP contribution in [0.5, 0.6) is 0 Å². The van der Waals surface area contributed by atoms with Crippen molar-refractivity contribution >= 4 is 0 Å². The second-order valence-electron chi connectivity index (χ2n) is 3.42. The fraction of sp³-hybridized carbons (Fsp3) is 0.818. The molecule has 2 nitrogen and oxygen atoms in total. The lowest BCUT2D eigenvalue weighted by Crippen LogP contribution is -1.93. The maximum Gasteiger partial charge on any atom is 0.221 e. The van der Waals surface area contributed by atoms with Crippen molar-refractivity contribution in [2.75, 3.05) is 6.54 Å². The molecule has 0 aliphatic carbocycles. The first-order valence-electron chi connectivity index (χ1n) is 5.01. The largest absolute Gasteiger partial charge is 0.317 e. The normalized spacial score (nSPS) is 11.6. The highest BCUT2D eigenvalue weighted by Crippen LogP contribution is 2.08. The van der Waals surface area contributed by atoms with E-state index in [1.54, 1.807) is 0 Å². The highest BCUT2D eigenvalue weighted by Gasteiger charge is 2.02. The van der Waals surface area contributed by atoms with Crippen LogP contribution in [0.1, 0.15) is 45.4 Å². The zero-order valence-corrected chi connectivity index (χ0v) is 8.42. The van der Waals surface area contributed by atoms with Gasteiger partial charge >= 0.3 is 0 Å². The average Bonchev–Trinajstić information content (AvgIpc) is 2.16. The molecule has 0 aromatic heterocycles. The Kier molecular flexibility index (Phi) is 8.36. The quantitative estimate of drug-likeness (QED) is 0.416. The van der Waals surface area contributed by atoms with E-state index in [2.05, 4.69) is 9.69 Å². The minimum Gasteiger partial charge on any atom is -0.317 e. The Morgan fingerprint density at radius 1 is 1.00 bits per heavy atom. The van der Waals surface area contributed by atoms with Gasteiger partial charge < -0.3 is 9.69 Å². The number of hydrogen-bond acceptors (Lipinski definition) is 0. The van der Waals surface area contributed by atoms with Crippen molar-refractivity contribution in [2.45, 2.75) is 51.5 Å². The van der Waals surface area contributed by atoms with Gasteiger partial charge in [-0.1, -0.05) is 12.8 Å². The van der Waals surface area contributed by atoms with Crippen molar-refractivity contribution in [3.63, 3.8) is 0 Å². The first-order valence-corrected chi connectivity index (χ1v) is 5.01. The minimum atomic E-state index is 0.197. The fourth-order valence-electron chi connectivity index (χ4n) is 1.23. The van der Waals surface area contributed by atoms with Gasteiger partial charge in [0.15, 0.2) is 0 Å². The van der Waals surface area contributed by atoms with Crippen molar-refractivity contribution in [3.05, 3.63) is 22.8 Å². The highest BCUT2D eigenvalue weighted by molar-refractivity contribution is 4.72. The van der Waals surface area contributed by atoms with Gasteiger partial charge in [0.2, 0.25) is 12.6 Å². The summed E-state index contributed by atoms with van der Waals surface area (Å²) in [5.74, 6) is 0. The monoisotopic (exact) mass is 178 g/mol. The Labute approximate surface area is 81.6 Å². The molecule has 0 N–H and O–H groups in total. The lowest BCUT2D eigenvalue weighted by Gasteiger charge is -1.99. The molecule has 0 aliphatic rings. The van der Waals surface area contributed by atoms with Crippen LogP contribution in [0.15, 0.2) is 0 Å². The molecule has 0 aromatic carbocycles. The third kappa shape index (κ3) is 8.89. The van der Waals surface area contributed by atoms with E-state index >= 15 is 0 Å². The van der Waals surface area contributed by atoms with Crippen LogP contribution < -0.4 is 0 Å². The lowest BCUT2D eigenvalue weighted by molar-refractivity contribution is 0.587. The van der Waals surface area contributed by atoms with E-state index in [1.165, 1.54) is 25.7 Å². The van der Waals surface area contributed by atoms with Crippen LogP contribution in [0, 0.1) is 13.1 Å². The zero-order valence-electron chi connectivity index (χ0n) is 8.42. The molecule has 0 heterocycles. The van der Waals surface area contributed by atoms with Crippen LogP contribution in [-0.2, 0) is 0 Å². The maximum absolute atomic E-state index is 6.77. The van der Waals surface area contributed by atoms with E-state index < -0.39 is 0 Å². The summed E-state index contributed by atoms with van der Waals surface area (Å²) in [7, 11) is 0. The summed E-state index contributed by atoms with van der Waals surface area (Å²) in [6, 6.07) is 0.197. The van der Waals surface area contributed by atoms with Crippen LogP contribution >= 0.6 is 0 Å². The summed E-state index contributed by atoms with van der Waals surface area (Å²) in [6.07, 6.45) is 6.86. The lowest BCUT2D eigenvalue weighted by atomic mass is 10.1. The Hall–Kier alpha value is -1.02. The van der Waals surface area contributed by atoms with Crippen molar-refractivity contribution in [2.24, 2.45) is 0 Å². The summed E-state index contributed by atoms with van der Waals surface area (Å²) in [4.78, 5) is 6.75. The fourth-order valence-corrected chi connectivity index (χ4v) is 1.23. The molecule has 1 atom stereocenters. The van der Waals surface area contributed by atoms with Gasteiger partial charge in [0.05, 0.1) is 0 Å². The van der Waals surface area contributed by atoms with Gasteiger partial charge in [-0.2, -0.15) is 0 Å². The van der Waals surface area contributed by atoms with Crippen molar-refractivity contribution in [1.29, 1.82) is 0 Å². The summed E-state index contributed by atoms with van der Waals surface area (Å²) in [6.45, 7) is 16.0. The van der Waals surface area contributed by atoms with Gasteiger partial charge in [-0.05, 0) is 12.8 Å². The van der Waals surface area contributed by atoms with E-state index in [0.29, 0.717) is 6.54 Å². The SMILES string of the molecule is [C-]#[N+]CCCCCCCC(C)[N+]#[C-]. The standard InChI is InChI=1S/C11H18N2/c1-11(13-3)9-7-5-4-6-8-10-12-2/h11H,4-10H2,1H3. The molecule has 72 valence electrons. The van der Waals surface area contributed by atoms with Crippen LogP contribution in [0.25, 0.3) is 9.69 Å². The molecule has 0 amide bonds.